The first-order valence-corrected chi connectivity index (χ1v) is 6.63. The quantitative estimate of drug-likeness (QED) is 0.812. The molecule has 0 saturated carbocycles. The zero-order valence-electron chi connectivity index (χ0n) is 11.2. The molecule has 2 unspecified atom stereocenters. The third-order valence-corrected chi connectivity index (χ3v) is 3.85. The van der Waals surface area contributed by atoms with E-state index in [2.05, 4.69) is 36.9 Å². The fourth-order valence-corrected chi connectivity index (χ4v) is 2.66. The number of nitriles is 1. The van der Waals surface area contributed by atoms with Gasteiger partial charge >= 0.3 is 0 Å². The molecule has 96 valence electrons. The smallest absolute Gasteiger partial charge is 0.0670 e. The Labute approximate surface area is 109 Å². The molecule has 0 bridgehead atoms. The van der Waals surface area contributed by atoms with E-state index in [1.165, 1.54) is 18.5 Å². The summed E-state index contributed by atoms with van der Waals surface area (Å²) in [5.74, 6) is 0.734. The Kier molecular flexibility index (Phi) is 3.76. The minimum atomic E-state index is 0.386. The van der Waals surface area contributed by atoms with Crippen molar-refractivity contribution >= 4 is 11.4 Å². The molecule has 1 aliphatic heterocycles. The number of hydrogen-bond acceptors (Lipinski definition) is 3. The molecule has 0 radical (unpaired) electrons. The van der Waals surface area contributed by atoms with Gasteiger partial charge in [-0.2, -0.15) is 5.26 Å². The molecule has 0 amide bonds. The third-order valence-electron chi connectivity index (χ3n) is 3.85. The maximum atomic E-state index is 8.82. The van der Waals surface area contributed by atoms with Crippen molar-refractivity contribution in [3.05, 3.63) is 23.8 Å². The van der Waals surface area contributed by atoms with Crippen LogP contribution in [-0.2, 0) is 6.42 Å². The second-order valence-electron chi connectivity index (χ2n) is 5.40. The molecular weight excluding hydrogens is 222 g/mol. The van der Waals surface area contributed by atoms with E-state index in [1.54, 1.807) is 0 Å². The van der Waals surface area contributed by atoms with Gasteiger partial charge < -0.3 is 10.6 Å². The van der Waals surface area contributed by atoms with E-state index in [4.69, 9.17) is 11.0 Å². The van der Waals surface area contributed by atoms with Crippen LogP contribution in [0.25, 0.3) is 0 Å². The maximum Gasteiger partial charge on any atom is 0.0670 e. The summed E-state index contributed by atoms with van der Waals surface area (Å²) in [4.78, 5) is 2.44. The number of benzene rings is 1. The fraction of sp³-hybridized carbons (Fsp3) is 0.533. The van der Waals surface area contributed by atoms with Gasteiger partial charge in [-0.25, -0.2) is 0 Å². The van der Waals surface area contributed by atoms with Gasteiger partial charge in [0, 0.05) is 24.0 Å². The van der Waals surface area contributed by atoms with Crippen LogP contribution in [0, 0.1) is 17.2 Å². The lowest BCUT2D eigenvalue weighted by atomic mass is 9.94. The number of anilines is 2. The summed E-state index contributed by atoms with van der Waals surface area (Å²) in [5, 5.41) is 8.82. The highest BCUT2D eigenvalue weighted by molar-refractivity contribution is 5.59. The van der Waals surface area contributed by atoms with Crippen molar-refractivity contribution in [3.63, 3.8) is 0 Å². The minimum Gasteiger partial charge on any atom is -0.398 e. The predicted molar refractivity (Wildman–Crippen MR) is 75.4 cm³/mol. The van der Waals surface area contributed by atoms with Gasteiger partial charge in [-0.15, -0.1) is 0 Å². The zero-order chi connectivity index (χ0) is 13.1. The molecule has 0 spiro atoms. The van der Waals surface area contributed by atoms with Crippen molar-refractivity contribution in [1.29, 1.82) is 5.26 Å². The van der Waals surface area contributed by atoms with Gasteiger partial charge in [0.2, 0.25) is 0 Å². The van der Waals surface area contributed by atoms with Crippen molar-refractivity contribution in [3.8, 4) is 6.07 Å². The maximum absolute atomic E-state index is 8.82. The molecule has 1 aromatic rings. The molecule has 18 heavy (non-hydrogen) atoms. The van der Waals surface area contributed by atoms with Crippen LogP contribution in [0.5, 0.6) is 0 Å². The molecule has 2 atom stereocenters. The van der Waals surface area contributed by atoms with Crippen molar-refractivity contribution in [2.45, 2.75) is 39.2 Å². The van der Waals surface area contributed by atoms with Crippen LogP contribution in [0.3, 0.4) is 0 Å². The van der Waals surface area contributed by atoms with E-state index in [0.29, 0.717) is 12.5 Å². The SMILES string of the molecule is CC1CCC(C)N(c2ccc(N)c(CC#N)c2)C1. The molecule has 1 aromatic carbocycles. The van der Waals surface area contributed by atoms with Crippen molar-refractivity contribution in [2.24, 2.45) is 5.92 Å². The lowest BCUT2D eigenvalue weighted by molar-refractivity contribution is 0.390. The van der Waals surface area contributed by atoms with Gasteiger partial charge in [0.1, 0.15) is 0 Å². The number of piperidine rings is 1. The summed E-state index contributed by atoms with van der Waals surface area (Å²) in [6.45, 7) is 5.66. The lowest BCUT2D eigenvalue weighted by Crippen LogP contribution is -2.41. The van der Waals surface area contributed by atoms with Gasteiger partial charge in [-0.1, -0.05) is 6.92 Å². The highest BCUT2D eigenvalue weighted by atomic mass is 15.2. The van der Waals surface area contributed by atoms with Crippen molar-refractivity contribution < 1.29 is 0 Å². The first-order valence-electron chi connectivity index (χ1n) is 6.63. The molecule has 3 heteroatoms. The van der Waals surface area contributed by atoms with Crippen LogP contribution in [0.4, 0.5) is 11.4 Å². The predicted octanol–water partition coefficient (Wildman–Crippen LogP) is 2.96. The van der Waals surface area contributed by atoms with Crippen molar-refractivity contribution in [1.82, 2.24) is 0 Å². The van der Waals surface area contributed by atoms with Crippen LogP contribution in [0.2, 0.25) is 0 Å². The number of rotatable bonds is 2. The van der Waals surface area contributed by atoms with Crippen LogP contribution < -0.4 is 10.6 Å². The topological polar surface area (TPSA) is 53.0 Å². The third kappa shape index (κ3) is 2.59. The van der Waals surface area contributed by atoms with Gasteiger partial charge in [0.25, 0.3) is 0 Å². The lowest BCUT2D eigenvalue weighted by Gasteiger charge is -2.38. The molecule has 0 aliphatic carbocycles. The zero-order valence-corrected chi connectivity index (χ0v) is 11.2. The average Bonchev–Trinajstić information content (AvgIpc) is 2.35. The standard InChI is InChI=1S/C15H21N3/c1-11-3-4-12(2)18(10-11)14-5-6-15(17)13(9-14)7-8-16/h5-6,9,11-12H,3-4,7,10,17H2,1-2H3. The Morgan fingerprint density at radius 3 is 2.89 bits per heavy atom. The second-order valence-corrected chi connectivity index (χ2v) is 5.40. The van der Waals surface area contributed by atoms with Gasteiger partial charge in [0.05, 0.1) is 12.5 Å². The Morgan fingerprint density at radius 1 is 1.39 bits per heavy atom. The molecule has 2 rings (SSSR count). The normalized spacial score (nSPS) is 23.7. The first-order chi connectivity index (χ1) is 8.61. The van der Waals surface area contributed by atoms with Gasteiger partial charge in [-0.3, -0.25) is 0 Å². The number of nitrogens with two attached hydrogens (primary N) is 1. The minimum absolute atomic E-state index is 0.386. The summed E-state index contributed by atoms with van der Waals surface area (Å²) in [6.07, 6.45) is 2.92. The number of hydrogen-bond donors (Lipinski definition) is 1. The largest absolute Gasteiger partial charge is 0.398 e. The van der Waals surface area contributed by atoms with Crippen LogP contribution in [-0.4, -0.2) is 12.6 Å². The van der Waals surface area contributed by atoms with E-state index in [9.17, 15) is 0 Å². The Morgan fingerprint density at radius 2 is 2.17 bits per heavy atom. The number of nitrogens with zero attached hydrogens (tertiary/aromatic N) is 2. The average molecular weight is 243 g/mol. The fourth-order valence-electron chi connectivity index (χ4n) is 2.66. The number of nitrogen functional groups attached to an aromatic ring is 1. The van der Waals surface area contributed by atoms with E-state index in [-0.39, 0.29) is 0 Å². The summed E-state index contributed by atoms with van der Waals surface area (Å²) in [6, 6.07) is 8.82. The first kappa shape index (κ1) is 12.8. The highest BCUT2D eigenvalue weighted by Crippen LogP contribution is 2.29. The van der Waals surface area contributed by atoms with Gasteiger partial charge in [-0.05, 0) is 49.4 Å². The summed E-state index contributed by atoms with van der Waals surface area (Å²) in [7, 11) is 0. The summed E-state index contributed by atoms with van der Waals surface area (Å²) in [5.41, 5.74) is 8.76. The molecule has 0 aromatic heterocycles. The molecule has 3 nitrogen and oxygen atoms in total. The van der Waals surface area contributed by atoms with E-state index in [0.717, 1.165) is 23.7 Å². The second kappa shape index (κ2) is 5.30. The molecule has 1 aliphatic rings. The Hall–Kier alpha value is -1.69. The molecular formula is C15H21N3. The summed E-state index contributed by atoms with van der Waals surface area (Å²) < 4.78 is 0. The molecule has 1 saturated heterocycles. The summed E-state index contributed by atoms with van der Waals surface area (Å²) >= 11 is 0. The molecule has 2 N–H and O–H groups in total. The van der Waals surface area contributed by atoms with E-state index >= 15 is 0 Å². The van der Waals surface area contributed by atoms with Crippen LogP contribution >= 0.6 is 0 Å². The van der Waals surface area contributed by atoms with Crippen molar-refractivity contribution in [2.75, 3.05) is 17.2 Å². The Bertz CT molecular complexity index is 461. The highest BCUT2D eigenvalue weighted by Gasteiger charge is 2.23. The van der Waals surface area contributed by atoms with Crippen LogP contribution in [0.1, 0.15) is 32.3 Å². The van der Waals surface area contributed by atoms with Gasteiger partial charge in [0.15, 0.2) is 0 Å². The monoisotopic (exact) mass is 243 g/mol. The van der Waals surface area contributed by atoms with E-state index in [1.807, 2.05) is 6.07 Å². The van der Waals surface area contributed by atoms with E-state index < -0.39 is 0 Å². The Balaban J connectivity index is 2.27. The molecule has 1 fully saturated rings. The van der Waals surface area contributed by atoms with Crippen LogP contribution in [0.15, 0.2) is 18.2 Å². The molecule has 1 heterocycles.